The van der Waals surface area contributed by atoms with Crippen LogP contribution in [0.15, 0.2) is 22.7 Å². The molecule has 0 aliphatic carbocycles. The highest BCUT2D eigenvalue weighted by Crippen LogP contribution is 2.53. The van der Waals surface area contributed by atoms with Crippen molar-refractivity contribution < 1.29 is 14.4 Å². The topological polar surface area (TPSA) is 78.5 Å². The van der Waals surface area contributed by atoms with Gasteiger partial charge in [-0.3, -0.25) is 24.6 Å². The lowest BCUT2D eigenvalue weighted by Gasteiger charge is -2.30. The van der Waals surface area contributed by atoms with Crippen molar-refractivity contribution in [2.75, 3.05) is 5.32 Å². The Morgan fingerprint density at radius 3 is 2.68 bits per heavy atom. The molecule has 1 spiro atoms. The lowest BCUT2D eigenvalue weighted by molar-refractivity contribution is -0.145. The molecule has 132 valence electrons. The lowest BCUT2D eigenvalue weighted by atomic mass is 9.76. The van der Waals surface area contributed by atoms with Gasteiger partial charge in [-0.2, -0.15) is 0 Å². The molecule has 7 heteroatoms. The zero-order valence-corrected chi connectivity index (χ0v) is 15.9. The molecule has 6 nitrogen and oxygen atoms in total. The summed E-state index contributed by atoms with van der Waals surface area (Å²) in [4.78, 5) is 40.5. The molecule has 4 rings (SSSR count). The standard InChI is InChI=1S/C18H20BrN3O3/c1-4-8(2)22-15(23)13-9(3)21-18(14(13)16(22)24)11-7-10(19)5-6-12(11)20-17(18)25/h5-9,13-14,21H,4H2,1-3H3,(H,20,25)/t8-,9-,13+,14-,18-/m0/s1. The molecule has 25 heavy (non-hydrogen) atoms. The van der Waals surface area contributed by atoms with Gasteiger partial charge in [0.25, 0.3) is 0 Å². The maximum atomic E-state index is 13.2. The third-order valence-electron chi connectivity index (χ3n) is 5.89. The minimum atomic E-state index is -1.18. The van der Waals surface area contributed by atoms with Crippen LogP contribution in [0.5, 0.6) is 0 Å². The zero-order chi connectivity index (χ0) is 18.1. The molecule has 1 aromatic carbocycles. The van der Waals surface area contributed by atoms with E-state index >= 15 is 0 Å². The van der Waals surface area contributed by atoms with Gasteiger partial charge in [-0.25, -0.2) is 0 Å². The summed E-state index contributed by atoms with van der Waals surface area (Å²) < 4.78 is 0.829. The number of amides is 3. The van der Waals surface area contributed by atoms with Gasteiger partial charge in [0.1, 0.15) is 5.54 Å². The number of nitrogens with one attached hydrogen (secondary N) is 2. The summed E-state index contributed by atoms with van der Waals surface area (Å²) in [6.45, 7) is 5.70. The van der Waals surface area contributed by atoms with Crippen molar-refractivity contribution in [1.82, 2.24) is 10.2 Å². The van der Waals surface area contributed by atoms with Crippen LogP contribution in [0.3, 0.4) is 0 Å². The van der Waals surface area contributed by atoms with Crippen molar-refractivity contribution in [3.63, 3.8) is 0 Å². The summed E-state index contributed by atoms with van der Waals surface area (Å²) in [6, 6.07) is 5.10. The molecule has 3 amide bonds. The van der Waals surface area contributed by atoms with E-state index in [9.17, 15) is 14.4 Å². The van der Waals surface area contributed by atoms with Crippen LogP contribution in [-0.2, 0) is 19.9 Å². The Morgan fingerprint density at radius 2 is 2.00 bits per heavy atom. The number of rotatable bonds is 2. The van der Waals surface area contributed by atoms with E-state index in [-0.39, 0.29) is 29.8 Å². The highest BCUT2D eigenvalue weighted by atomic mass is 79.9. The SMILES string of the molecule is CC[C@H](C)N1C(=O)[C@@H]2[C@H](C)N[C@]3(C(=O)Nc4ccc(Br)cc43)[C@@H]2C1=O. The Hall–Kier alpha value is -1.73. The van der Waals surface area contributed by atoms with Crippen LogP contribution < -0.4 is 10.6 Å². The minimum absolute atomic E-state index is 0.165. The first-order valence-corrected chi connectivity index (χ1v) is 9.38. The van der Waals surface area contributed by atoms with Crippen molar-refractivity contribution in [2.45, 2.75) is 44.8 Å². The van der Waals surface area contributed by atoms with Gasteiger partial charge in [-0.1, -0.05) is 22.9 Å². The predicted octanol–water partition coefficient (Wildman–Crippen LogP) is 1.99. The number of likely N-dealkylation sites (tertiary alicyclic amines) is 1. The molecule has 0 unspecified atom stereocenters. The van der Waals surface area contributed by atoms with E-state index in [0.29, 0.717) is 12.1 Å². The summed E-state index contributed by atoms with van der Waals surface area (Å²) in [6.07, 6.45) is 0.695. The molecular weight excluding hydrogens is 386 g/mol. The van der Waals surface area contributed by atoms with Gasteiger partial charge in [-0.15, -0.1) is 0 Å². The number of hydrogen-bond acceptors (Lipinski definition) is 4. The van der Waals surface area contributed by atoms with Gasteiger partial charge >= 0.3 is 0 Å². The molecule has 1 aromatic rings. The maximum absolute atomic E-state index is 13.2. The Balaban J connectivity index is 1.89. The first-order chi connectivity index (χ1) is 11.8. The summed E-state index contributed by atoms with van der Waals surface area (Å²) in [5.74, 6) is -1.90. The van der Waals surface area contributed by atoms with E-state index < -0.39 is 17.4 Å². The molecule has 5 atom stereocenters. The molecular formula is C18H20BrN3O3. The smallest absolute Gasteiger partial charge is 0.250 e. The second-order valence-corrected chi connectivity index (χ2v) is 8.11. The van der Waals surface area contributed by atoms with Crippen molar-refractivity contribution in [1.29, 1.82) is 0 Å². The summed E-state index contributed by atoms with van der Waals surface area (Å²) in [5.41, 5.74) is 0.243. The highest BCUT2D eigenvalue weighted by Gasteiger charge is 2.69. The van der Waals surface area contributed by atoms with Crippen LogP contribution in [0.2, 0.25) is 0 Å². The normalized spacial score (nSPS) is 34.5. The van der Waals surface area contributed by atoms with Crippen molar-refractivity contribution in [2.24, 2.45) is 11.8 Å². The zero-order valence-electron chi connectivity index (χ0n) is 14.3. The third-order valence-corrected chi connectivity index (χ3v) is 6.38. The van der Waals surface area contributed by atoms with Crippen LogP contribution in [0.4, 0.5) is 5.69 Å². The second kappa shape index (κ2) is 5.38. The van der Waals surface area contributed by atoms with Crippen LogP contribution in [0.25, 0.3) is 0 Å². The molecule has 3 aliphatic rings. The molecule has 0 aromatic heterocycles. The van der Waals surface area contributed by atoms with Gasteiger partial charge in [-0.05, 0) is 38.5 Å². The fourth-order valence-corrected chi connectivity index (χ4v) is 4.94. The van der Waals surface area contributed by atoms with Crippen molar-refractivity contribution in [3.05, 3.63) is 28.2 Å². The van der Waals surface area contributed by atoms with Gasteiger partial charge in [0.15, 0.2) is 0 Å². The van der Waals surface area contributed by atoms with Gasteiger partial charge in [0.2, 0.25) is 17.7 Å². The number of hydrogen-bond donors (Lipinski definition) is 2. The Labute approximate surface area is 154 Å². The molecule has 2 fully saturated rings. The number of benzene rings is 1. The second-order valence-electron chi connectivity index (χ2n) is 7.19. The first kappa shape index (κ1) is 16.7. The van der Waals surface area contributed by atoms with E-state index in [2.05, 4.69) is 26.6 Å². The van der Waals surface area contributed by atoms with E-state index in [1.165, 1.54) is 4.90 Å². The van der Waals surface area contributed by atoms with E-state index in [4.69, 9.17) is 0 Å². The molecule has 2 N–H and O–H groups in total. The molecule has 3 heterocycles. The molecule has 2 saturated heterocycles. The van der Waals surface area contributed by atoms with Crippen LogP contribution >= 0.6 is 15.9 Å². The molecule has 0 radical (unpaired) electrons. The fourth-order valence-electron chi connectivity index (χ4n) is 4.58. The number of imide groups is 1. The Bertz CT molecular complexity index is 811. The number of carbonyl (C=O) groups excluding carboxylic acids is 3. The first-order valence-electron chi connectivity index (χ1n) is 8.59. The fraction of sp³-hybridized carbons (Fsp3) is 0.500. The maximum Gasteiger partial charge on any atom is 0.250 e. The molecule has 0 saturated carbocycles. The Kier molecular flexibility index (Phi) is 3.60. The van der Waals surface area contributed by atoms with E-state index in [1.54, 1.807) is 0 Å². The van der Waals surface area contributed by atoms with E-state index in [1.807, 2.05) is 39.0 Å². The molecule has 0 bridgehead atoms. The Morgan fingerprint density at radius 1 is 1.28 bits per heavy atom. The van der Waals surface area contributed by atoms with Crippen molar-refractivity contribution >= 4 is 39.3 Å². The number of fused-ring (bicyclic) bond motifs is 4. The average Bonchev–Trinajstić information content (AvgIpc) is 3.12. The molecule has 3 aliphatic heterocycles. The number of nitrogens with zero attached hydrogens (tertiary/aromatic N) is 1. The van der Waals surface area contributed by atoms with Crippen LogP contribution in [0.1, 0.15) is 32.8 Å². The van der Waals surface area contributed by atoms with Gasteiger partial charge in [0, 0.05) is 27.8 Å². The number of halogens is 1. The third kappa shape index (κ3) is 1.96. The van der Waals surface area contributed by atoms with Crippen molar-refractivity contribution in [3.8, 4) is 0 Å². The van der Waals surface area contributed by atoms with Gasteiger partial charge in [0.05, 0.1) is 11.8 Å². The monoisotopic (exact) mass is 405 g/mol. The minimum Gasteiger partial charge on any atom is -0.324 e. The van der Waals surface area contributed by atoms with Crippen LogP contribution in [-0.4, -0.2) is 34.7 Å². The average molecular weight is 406 g/mol. The highest BCUT2D eigenvalue weighted by molar-refractivity contribution is 9.10. The number of anilines is 1. The quantitative estimate of drug-likeness (QED) is 0.737. The van der Waals surface area contributed by atoms with Gasteiger partial charge < -0.3 is 5.32 Å². The summed E-state index contributed by atoms with van der Waals surface area (Å²) >= 11 is 3.45. The summed E-state index contributed by atoms with van der Waals surface area (Å²) in [7, 11) is 0. The predicted molar refractivity (Wildman–Crippen MR) is 95.6 cm³/mol. The number of carbonyl (C=O) groups is 3. The van der Waals surface area contributed by atoms with E-state index in [0.717, 1.165) is 10.0 Å². The lowest BCUT2D eigenvalue weighted by Crippen LogP contribution is -2.53. The summed E-state index contributed by atoms with van der Waals surface area (Å²) in [5, 5.41) is 6.18. The largest absolute Gasteiger partial charge is 0.324 e. The van der Waals surface area contributed by atoms with Crippen LogP contribution in [0, 0.1) is 11.8 Å².